The van der Waals surface area contributed by atoms with Gasteiger partial charge < -0.3 is 10.1 Å². The van der Waals surface area contributed by atoms with Crippen LogP contribution in [0.25, 0.3) is 0 Å². The molecule has 8 heteroatoms. The first-order valence-corrected chi connectivity index (χ1v) is 10.5. The summed E-state index contributed by atoms with van der Waals surface area (Å²) in [7, 11) is -2.26. The summed E-state index contributed by atoms with van der Waals surface area (Å²) >= 11 is 5.82. The number of nitrogens with one attached hydrogen (secondary N) is 2. The maximum Gasteiger partial charge on any atom is 0.261 e. The van der Waals surface area contributed by atoms with Crippen LogP contribution in [0.4, 0.5) is 5.69 Å². The molecule has 0 aromatic heterocycles. The number of hydrogen-bond donors (Lipinski definition) is 2. The van der Waals surface area contributed by atoms with Gasteiger partial charge in [0, 0.05) is 22.8 Å². The van der Waals surface area contributed by atoms with Crippen molar-refractivity contribution in [1.29, 1.82) is 0 Å². The van der Waals surface area contributed by atoms with Crippen LogP contribution in [-0.4, -0.2) is 21.4 Å². The normalized spacial score (nSPS) is 11.0. The van der Waals surface area contributed by atoms with E-state index in [1.54, 1.807) is 49.6 Å². The van der Waals surface area contributed by atoms with Gasteiger partial charge in [-0.3, -0.25) is 9.52 Å². The van der Waals surface area contributed by atoms with E-state index in [2.05, 4.69) is 10.0 Å². The molecule has 0 unspecified atom stereocenters. The van der Waals surface area contributed by atoms with E-state index in [1.807, 2.05) is 12.1 Å². The van der Waals surface area contributed by atoms with Gasteiger partial charge in [-0.1, -0.05) is 29.8 Å². The number of anilines is 1. The predicted molar refractivity (Wildman–Crippen MR) is 113 cm³/mol. The highest BCUT2D eigenvalue weighted by molar-refractivity contribution is 7.92. The molecule has 3 aromatic rings. The topological polar surface area (TPSA) is 84.5 Å². The van der Waals surface area contributed by atoms with Crippen LogP contribution in [0.5, 0.6) is 5.75 Å². The van der Waals surface area contributed by atoms with Gasteiger partial charge in [-0.25, -0.2) is 8.42 Å². The van der Waals surface area contributed by atoms with Crippen molar-refractivity contribution in [3.05, 3.63) is 88.9 Å². The summed E-state index contributed by atoms with van der Waals surface area (Å²) in [6.07, 6.45) is 0. The number of ether oxygens (including phenoxy) is 1. The van der Waals surface area contributed by atoms with Gasteiger partial charge in [0.05, 0.1) is 12.0 Å². The van der Waals surface area contributed by atoms with Crippen molar-refractivity contribution in [2.24, 2.45) is 0 Å². The second-order valence-corrected chi connectivity index (χ2v) is 8.29. The second-order valence-electron chi connectivity index (χ2n) is 6.17. The van der Waals surface area contributed by atoms with Crippen LogP contribution in [0.3, 0.4) is 0 Å². The summed E-state index contributed by atoms with van der Waals surface area (Å²) in [4.78, 5) is 12.4. The maximum absolute atomic E-state index is 12.6. The van der Waals surface area contributed by atoms with Gasteiger partial charge in [0.1, 0.15) is 5.75 Å². The van der Waals surface area contributed by atoms with Crippen LogP contribution >= 0.6 is 11.6 Å². The average Bonchev–Trinajstić information content (AvgIpc) is 2.74. The summed E-state index contributed by atoms with van der Waals surface area (Å²) in [5, 5.41) is 3.28. The minimum Gasteiger partial charge on any atom is -0.497 e. The molecule has 3 aromatic carbocycles. The number of sulfonamides is 1. The zero-order valence-corrected chi connectivity index (χ0v) is 17.1. The minimum absolute atomic E-state index is 0.00968. The van der Waals surface area contributed by atoms with E-state index >= 15 is 0 Å². The number of carbonyl (C=O) groups is 1. The van der Waals surface area contributed by atoms with Gasteiger partial charge in [0.25, 0.3) is 15.9 Å². The van der Waals surface area contributed by atoms with Crippen molar-refractivity contribution in [1.82, 2.24) is 5.32 Å². The molecule has 0 aliphatic carbocycles. The number of halogens is 1. The number of benzene rings is 3. The Kier molecular flexibility index (Phi) is 6.41. The highest BCUT2D eigenvalue weighted by Crippen LogP contribution is 2.19. The number of hydrogen-bond acceptors (Lipinski definition) is 4. The molecule has 3 rings (SSSR count). The van der Waals surface area contributed by atoms with Crippen LogP contribution in [0, 0.1) is 0 Å². The lowest BCUT2D eigenvalue weighted by Gasteiger charge is -2.10. The lowest BCUT2D eigenvalue weighted by Crippen LogP contribution is -2.23. The Morgan fingerprint density at radius 2 is 1.69 bits per heavy atom. The molecule has 0 aliphatic rings. The van der Waals surface area contributed by atoms with E-state index in [0.29, 0.717) is 17.3 Å². The number of rotatable bonds is 7. The Labute approximate surface area is 174 Å². The number of methoxy groups -OCH3 is 1. The third kappa shape index (κ3) is 5.49. The predicted octanol–water partition coefficient (Wildman–Crippen LogP) is 4.08. The first kappa shape index (κ1) is 20.7. The van der Waals surface area contributed by atoms with Crippen molar-refractivity contribution in [3.8, 4) is 5.75 Å². The van der Waals surface area contributed by atoms with Crippen LogP contribution in [-0.2, 0) is 16.6 Å². The lowest BCUT2D eigenvalue weighted by atomic mass is 10.2. The van der Waals surface area contributed by atoms with Gasteiger partial charge in [-0.05, 0) is 60.2 Å². The summed E-state index contributed by atoms with van der Waals surface area (Å²) in [5.74, 6) is 0.357. The van der Waals surface area contributed by atoms with Crippen molar-refractivity contribution in [2.45, 2.75) is 11.4 Å². The van der Waals surface area contributed by atoms with Gasteiger partial charge in [-0.2, -0.15) is 0 Å². The summed E-state index contributed by atoms with van der Waals surface area (Å²) in [5.41, 5.74) is 1.52. The van der Waals surface area contributed by atoms with Crippen molar-refractivity contribution < 1.29 is 17.9 Å². The van der Waals surface area contributed by atoms with E-state index in [0.717, 1.165) is 11.3 Å². The molecule has 0 radical (unpaired) electrons. The Balaban J connectivity index is 1.70. The van der Waals surface area contributed by atoms with Crippen LogP contribution in [0.2, 0.25) is 5.02 Å². The summed E-state index contributed by atoms with van der Waals surface area (Å²) < 4.78 is 32.8. The molecule has 0 fully saturated rings. The Hall–Kier alpha value is -3.03. The second kappa shape index (κ2) is 8.98. The molecule has 0 spiro atoms. The first-order valence-electron chi connectivity index (χ1n) is 8.67. The SMILES string of the molecule is COc1ccc(CNC(=O)c2cccc(S(=O)(=O)Nc3ccc(Cl)cc3)c2)cc1. The molecule has 0 saturated heterocycles. The third-order valence-corrected chi connectivity index (χ3v) is 5.75. The van der Waals surface area contributed by atoms with E-state index in [9.17, 15) is 13.2 Å². The maximum atomic E-state index is 12.6. The summed E-state index contributed by atoms with van der Waals surface area (Å²) in [6.45, 7) is 0.308. The van der Waals surface area contributed by atoms with Gasteiger partial charge >= 0.3 is 0 Å². The molecule has 29 heavy (non-hydrogen) atoms. The van der Waals surface area contributed by atoms with Crippen LogP contribution in [0.1, 0.15) is 15.9 Å². The number of carbonyl (C=O) groups excluding carboxylic acids is 1. The molecule has 0 heterocycles. The molecular weight excluding hydrogens is 412 g/mol. The summed E-state index contributed by atoms with van der Waals surface area (Å²) in [6, 6.07) is 19.4. The van der Waals surface area contributed by atoms with Crippen molar-refractivity contribution in [2.75, 3.05) is 11.8 Å². The smallest absolute Gasteiger partial charge is 0.261 e. The monoisotopic (exact) mass is 430 g/mol. The molecule has 0 bridgehead atoms. The molecule has 0 atom stereocenters. The molecule has 2 N–H and O–H groups in total. The zero-order valence-electron chi connectivity index (χ0n) is 15.6. The van der Waals surface area contributed by atoms with E-state index < -0.39 is 10.0 Å². The fourth-order valence-corrected chi connectivity index (χ4v) is 3.79. The van der Waals surface area contributed by atoms with Gasteiger partial charge in [-0.15, -0.1) is 0 Å². The standard InChI is InChI=1S/C21H19ClN2O4S/c1-28-19-11-5-15(6-12-19)14-23-21(25)16-3-2-4-20(13-16)29(26,27)24-18-9-7-17(22)8-10-18/h2-13,24H,14H2,1H3,(H,23,25). The quantitative estimate of drug-likeness (QED) is 0.591. The highest BCUT2D eigenvalue weighted by Gasteiger charge is 2.16. The molecular formula is C21H19ClN2O4S. The van der Waals surface area contributed by atoms with Crippen molar-refractivity contribution >= 4 is 33.2 Å². The van der Waals surface area contributed by atoms with Crippen LogP contribution in [0.15, 0.2) is 77.7 Å². The average molecular weight is 431 g/mol. The Morgan fingerprint density at radius 3 is 2.34 bits per heavy atom. The molecule has 0 saturated carbocycles. The van der Waals surface area contributed by atoms with Gasteiger partial charge in [0.15, 0.2) is 0 Å². The van der Waals surface area contributed by atoms with E-state index in [4.69, 9.17) is 16.3 Å². The molecule has 6 nitrogen and oxygen atoms in total. The first-order chi connectivity index (χ1) is 13.9. The Morgan fingerprint density at radius 1 is 1.00 bits per heavy atom. The molecule has 150 valence electrons. The van der Waals surface area contributed by atoms with E-state index in [-0.39, 0.29) is 16.4 Å². The van der Waals surface area contributed by atoms with E-state index in [1.165, 1.54) is 18.2 Å². The lowest BCUT2D eigenvalue weighted by molar-refractivity contribution is 0.0950. The molecule has 0 aliphatic heterocycles. The minimum atomic E-state index is -3.84. The fourth-order valence-electron chi connectivity index (χ4n) is 2.56. The Bertz CT molecular complexity index is 1100. The third-order valence-electron chi connectivity index (χ3n) is 4.12. The fraction of sp³-hybridized carbons (Fsp3) is 0.0952. The zero-order chi connectivity index (χ0) is 20.9. The van der Waals surface area contributed by atoms with Crippen molar-refractivity contribution in [3.63, 3.8) is 0 Å². The van der Waals surface area contributed by atoms with Gasteiger partial charge in [0.2, 0.25) is 0 Å². The van der Waals surface area contributed by atoms with Crippen LogP contribution < -0.4 is 14.8 Å². The largest absolute Gasteiger partial charge is 0.497 e. The number of amides is 1. The molecule has 1 amide bonds. The highest BCUT2D eigenvalue weighted by atomic mass is 35.5.